The summed E-state index contributed by atoms with van der Waals surface area (Å²) in [4.78, 5) is 43.7. The highest BCUT2D eigenvalue weighted by atomic mass is 16.6. The van der Waals surface area contributed by atoms with Gasteiger partial charge in [0, 0.05) is 6.04 Å². The molecule has 0 spiro atoms. The number of amides is 2. The van der Waals surface area contributed by atoms with E-state index in [4.69, 9.17) is 14.5 Å². The predicted molar refractivity (Wildman–Crippen MR) is 184 cm³/mol. The number of nitrogens with one attached hydrogen (secondary N) is 3. The summed E-state index contributed by atoms with van der Waals surface area (Å²) in [6, 6.07) is 16.7. The molecule has 2 amide bonds. The molecule has 3 fully saturated rings. The van der Waals surface area contributed by atoms with Gasteiger partial charge in [-0.25, -0.2) is 19.6 Å². The number of benzene rings is 2. The molecule has 3 heterocycles. The summed E-state index contributed by atoms with van der Waals surface area (Å²) < 4.78 is 11.2. The molecule has 0 bridgehead atoms. The average molecular weight is 651 g/mol. The lowest BCUT2D eigenvalue weighted by molar-refractivity contribution is 0.0174. The third-order valence-corrected chi connectivity index (χ3v) is 9.23. The fraction of sp³-hybridized carbons (Fsp3) is 0.474. The van der Waals surface area contributed by atoms with Crippen LogP contribution in [0.15, 0.2) is 60.9 Å². The average Bonchev–Trinajstić information content (AvgIpc) is 3.79. The molecule has 252 valence electrons. The molecule has 0 unspecified atom stereocenters. The fourth-order valence-corrected chi connectivity index (χ4v) is 6.65. The number of alkyl carbamates (subject to hydrolysis) is 1. The first kappa shape index (κ1) is 32.0. The van der Waals surface area contributed by atoms with Crippen molar-refractivity contribution in [1.29, 1.82) is 0 Å². The van der Waals surface area contributed by atoms with Crippen LogP contribution < -0.4 is 5.32 Å². The highest BCUT2D eigenvalue weighted by Crippen LogP contribution is 2.53. The Balaban J connectivity index is 1.01. The molecule has 2 aromatic heterocycles. The normalized spacial score (nSPS) is 21.0. The maximum Gasteiger partial charge on any atom is 0.411 e. The first-order chi connectivity index (χ1) is 22.8. The number of aromatic amines is 2. The Bertz CT molecular complexity index is 1770. The van der Waals surface area contributed by atoms with E-state index >= 15 is 0 Å². The van der Waals surface area contributed by atoms with Crippen molar-refractivity contribution in [2.45, 2.75) is 103 Å². The zero-order valence-corrected chi connectivity index (χ0v) is 28.7. The number of ether oxygens (including phenoxy) is 2. The maximum atomic E-state index is 13.0. The zero-order valence-electron chi connectivity index (χ0n) is 28.7. The number of piperidine rings is 1. The fourth-order valence-electron chi connectivity index (χ4n) is 6.65. The van der Waals surface area contributed by atoms with Crippen LogP contribution in [-0.4, -0.2) is 54.3 Å². The van der Waals surface area contributed by atoms with Gasteiger partial charge in [-0.05, 0) is 94.9 Å². The van der Waals surface area contributed by atoms with E-state index in [1.165, 1.54) is 12.8 Å². The van der Waals surface area contributed by atoms with Crippen molar-refractivity contribution >= 4 is 12.2 Å². The van der Waals surface area contributed by atoms with Crippen LogP contribution in [0.3, 0.4) is 0 Å². The van der Waals surface area contributed by atoms with Gasteiger partial charge in [-0.1, -0.05) is 61.4 Å². The standard InChI is InChI=1S/C38H46N6O4/c1-37(2,3)47-35(45)43-28(17-22-7-8-22)33-39-20-29(41-33)25-13-9-23(10-14-25)24-11-15-26(16-12-24)30-21-40-34(42-30)32-19-27-18-31(27)44(32)36(46)48-38(4,5)6/h9-16,20-22,27-28,31-32H,7-8,17-19H2,1-6H3,(H,39,41)(H,40,42)(H,43,45)/t27-,28+,31-,32+/m1/s1. The summed E-state index contributed by atoms with van der Waals surface area (Å²) in [7, 11) is 0. The summed E-state index contributed by atoms with van der Waals surface area (Å²) in [6.45, 7) is 11.3. The van der Waals surface area contributed by atoms with Crippen LogP contribution in [0.5, 0.6) is 0 Å². The number of carbonyl (C=O) groups excluding carboxylic acids is 2. The summed E-state index contributed by atoms with van der Waals surface area (Å²) in [5, 5.41) is 3.02. The van der Waals surface area contributed by atoms with E-state index < -0.39 is 17.3 Å². The molecule has 2 aromatic carbocycles. The second-order valence-corrected chi connectivity index (χ2v) is 15.6. The van der Waals surface area contributed by atoms with Crippen molar-refractivity contribution < 1.29 is 19.1 Å². The zero-order chi connectivity index (χ0) is 33.8. The van der Waals surface area contributed by atoms with Crippen LogP contribution in [0.25, 0.3) is 33.6 Å². The molecular weight excluding hydrogens is 604 g/mol. The first-order valence-electron chi connectivity index (χ1n) is 17.1. The lowest BCUT2D eigenvalue weighted by Gasteiger charge is -2.29. The van der Waals surface area contributed by atoms with Crippen LogP contribution in [0, 0.1) is 11.8 Å². The molecule has 10 nitrogen and oxygen atoms in total. The number of imidazole rings is 2. The number of H-pyrrole nitrogens is 2. The third kappa shape index (κ3) is 7.27. The molecule has 1 aliphatic heterocycles. The van der Waals surface area contributed by atoms with E-state index in [-0.39, 0.29) is 24.2 Å². The minimum atomic E-state index is -0.560. The van der Waals surface area contributed by atoms with E-state index in [2.05, 4.69) is 68.8 Å². The van der Waals surface area contributed by atoms with Crippen LogP contribution >= 0.6 is 0 Å². The summed E-state index contributed by atoms with van der Waals surface area (Å²) in [5.41, 5.74) is 4.99. The van der Waals surface area contributed by atoms with Gasteiger partial charge in [-0.2, -0.15) is 0 Å². The monoisotopic (exact) mass is 650 g/mol. The molecule has 3 N–H and O–H groups in total. The number of rotatable bonds is 8. The maximum absolute atomic E-state index is 13.0. The van der Waals surface area contributed by atoms with E-state index in [0.717, 1.165) is 64.6 Å². The van der Waals surface area contributed by atoms with Gasteiger partial charge in [-0.15, -0.1) is 0 Å². The Morgan fingerprint density at radius 2 is 1.38 bits per heavy atom. The van der Waals surface area contributed by atoms with Crippen LogP contribution in [-0.2, 0) is 9.47 Å². The number of hydrogen-bond donors (Lipinski definition) is 3. The van der Waals surface area contributed by atoms with E-state index in [1.54, 1.807) is 0 Å². The lowest BCUT2D eigenvalue weighted by Crippen LogP contribution is -2.38. The lowest BCUT2D eigenvalue weighted by atomic mass is 10.0. The Morgan fingerprint density at radius 3 is 1.96 bits per heavy atom. The molecule has 1 saturated heterocycles. The number of carbonyl (C=O) groups is 2. The van der Waals surface area contributed by atoms with Gasteiger partial charge in [0.15, 0.2) is 0 Å². The number of aromatic nitrogens is 4. The van der Waals surface area contributed by atoms with Crippen LogP contribution in [0.2, 0.25) is 0 Å². The molecular formula is C38H46N6O4. The predicted octanol–water partition coefficient (Wildman–Crippen LogP) is 8.57. The third-order valence-electron chi connectivity index (χ3n) is 9.23. The van der Waals surface area contributed by atoms with Crippen molar-refractivity contribution in [2.75, 3.05) is 0 Å². The van der Waals surface area contributed by atoms with E-state index in [0.29, 0.717) is 11.8 Å². The quantitative estimate of drug-likeness (QED) is 0.175. The van der Waals surface area contributed by atoms with Crippen LogP contribution in [0.4, 0.5) is 9.59 Å². The molecule has 2 aliphatic carbocycles. The highest BCUT2D eigenvalue weighted by Gasteiger charge is 2.56. The second-order valence-electron chi connectivity index (χ2n) is 15.6. The number of hydrogen-bond acceptors (Lipinski definition) is 6. The number of fused-ring (bicyclic) bond motifs is 1. The van der Waals surface area contributed by atoms with Crippen molar-refractivity contribution in [2.24, 2.45) is 11.8 Å². The summed E-state index contributed by atoms with van der Waals surface area (Å²) >= 11 is 0. The Kier molecular flexibility index (Phi) is 8.08. The largest absolute Gasteiger partial charge is 0.444 e. The van der Waals surface area contributed by atoms with Crippen molar-refractivity contribution in [3.63, 3.8) is 0 Å². The number of nitrogens with zero attached hydrogens (tertiary/aromatic N) is 3. The van der Waals surface area contributed by atoms with Gasteiger partial charge in [-0.3, -0.25) is 4.90 Å². The molecule has 4 atom stereocenters. The molecule has 2 saturated carbocycles. The van der Waals surface area contributed by atoms with E-state index in [9.17, 15) is 9.59 Å². The van der Waals surface area contributed by atoms with Crippen molar-refractivity contribution in [3.05, 3.63) is 72.6 Å². The Morgan fingerprint density at radius 1 is 0.812 bits per heavy atom. The first-order valence-corrected chi connectivity index (χ1v) is 17.1. The van der Waals surface area contributed by atoms with Gasteiger partial charge in [0.25, 0.3) is 0 Å². The smallest absolute Gasteiger partial charge is 0.411 e. The topological polar surface area (TPSA) is 125 Å². The van der Waals surface area contributed by atoms with Crippen molar-refractivity contribution in [3.8, 4) is 33.6 Å². The van der Waals surface area contributed by atoms with Gasteiger partial charge in [0.05, 0.1) is 35.9 Å². The summed E-state index contributed by atoms with van der Waals surface area (Å²) in [5.74, 6) is 2.69. The highest BCUT2D eigenvalue weighted by molar-refractivity contribution is 5.73. The minimum Gasteiger partial charge on any atom is -0.444 e. The van der Waals surface area contributed by atoms with Gasteiger partial charge >= 0.3 is 12.2 Å². The minimum absolute atomic E-state index is 0.0913. The molecule has 10 heteroatoms. The van der Waals surface area contributed by atoms with Gasteiger partial charge in [0.2, 0.25) is 0 Å². The molecule has 48 heavy (non-hydrogen) atoms. The summed E-state index contributed by atoms with van der Waals surface area (Å²) in [6.07, 6.45) is 8.16. The van der Waals surface area contributed by atoms with Gasteiger partial charge in [0.1, 0.15) is 22.9 Å². The molecule has 4 aromatic rings. The SMILES string of the molecule is CC(C)(C)OC(=O)N[C@@H](CC1CC1)c1ncc(-c2ccc(-c3ccc(-c4cnc([C@@H]5C[C@H]6C[C@H]6N5C(=O)OC(C)(C)C)[nH]4)cc3)cc2)[nH]1. The van der Waals surface area contributed by atoms with Crippen molar-refractivity contribution in [1.82, 2.24) is 30.2 Å². The second kappa shape index (κ2) is 12.1. The van der Waals surface area contributed by atoms with Gasteiger partial charge < -0.3 is 24.8 Å². The molecule has 7 rings (SSSR count). The van der Waals surface area contributed by atoms with E-state index in [1.807, 2.05) is 58.8 Å². The Hall–Kier alpha value is -4.60. The molecule has 0 radical (unpaired) electrons. The Labute approximate surface area is 282 Å². The number of likely N-dealkylation sites (tertiary alicyclic amines) is 1. The van der Waals surface area contributed by atoms with Crippen LogP contribution in [0.1, 0.15) is 97.4 Å². The molecule has 3 aliphatic rings.